The minimum absolute atomic E-state index is 0.604. The summed E-state index contributed by atoms with van der Waals surface area (Å²) in [5.74, 6) is 3.64. The molecule has 3 aliphatic rings. The minimum atomic E-state index is 0.604. The van der Waals surface area contributed by atoms with Gasteiger partial charge in [0.25, 0.3) is 0 Å². The number of allylic oxidation sites excluding steroid dienone is 2. The third kappa shape index (κ3) is 7.20. The van der Waals surface area contributed by atoms with Crippen molar-refractivity contribution in [3.63, 3.8) is 0 Å². The molecule has 5 rings (SSSR count). The van der Waals surface area contributed by atoms with Crippen LogP contribution in [0.25, 0.3) is 4.91 Å². The summed E-state index contributed by atoms with van der Waals surface area (Å²) in [6.07, 6.45) is 16.3. The molecule has 0 saturated heterocycles. The molecule has 0 radical (unpaired) electrons. The van der Waals surface area contributed by atoms with Gasteiger partial charge >= 0.3 is 0 Å². The fraction of sp³-hybridized carbons (Fsp3) is 0.514. The highest BCUT2D eigenvalue weighted by molar-refractivity contribution is 8.11. The van der Waals surface area contributed by atoms with Crippen LogP contribution in [0.4, 0.5) is 11.5 Å². The Balaban J connectivity index is 1.28. The predicted octanol–water partition coefficient (Wildman–Crippen LogP) is 9.65. The van der Waals surface area contributed by atoms with Gasteiger partial charge in [0.2, 0.25) is 0 Å². The summed E-state index contributed by atoms with van der Waals surface area (Å²) in [6.45, 7) is 14.5. The number of aromatic nitrogens is 1. The molecule has 2 aromatic rings. The first-order chi connectivity index (χ1) is 18.9. The topological polar surface area (TPSA) is 19.4 Å². The van der Waals surface area contributed by atoms with Crippen LogP contribution in [-0.2, 0) is 0 Å². The normalized spacial score (nSPS) is 21.8. The molecule has 208 valence electrons. The molecule has 3 nitrogen and oxygen atoms in total. The quantitative estimate of drug-likeness (QED) is 0.282. The van der Waals surface area contributed by atoms with Gasteiger partial charge < -0.3 is 9.80 Å². The van der Waals surface area contributed by atoms with Crippen LogP contribution in [-0.4, -0.2) is 25.6 Å². The molecule has 1 heterocycles. The van der Waals surface area contributed by atoms with Crippen molar-refractivity contribution in [1.82, 2.24) is 4.98 Å². The second kappa shape index (κ2) is 12.8. The van der Waals surface area contributed by atoms with E-state index in [4.69, 9.17) is 6.58 Å². The Hall–Kier alpha value is -2.46. The smallest absolute Gasteiger partial charge is 0.127 e. The molecule has 1 aromatic heterocycles. The van der Waals surface area contributed by atoms with E-state index >= 15 is 0 Å². The van der Waals surface area contributed by atoms with E-state index in [1.807, 2.05) is 0 Å². The molecule has 0 amide bonds. The van der Waals surface area contributed by atoms with Gasteiger partial charge in [0.15, 0.2) is 0 Å². The molecule has 0 unspecified atom stereocenters. The van der Waals surface area contributed by atoms with Crippen LogP contribution in [0.2, 0.25) is 0 Å². The first-order valence-corrected chi connectivity index (χ1v) is 16.0. The molecule has 3 saturated carbocycles. The second-order valence-corrected chi connectivity index (χ2v) is 13.5. The summed E-state index contributed by atoms with van der Waals surface area (Å²) in [4.78, 5) is 11.7. The van der Waals surface area contributed by atoms with Gasteiger partial charge in [0.05, 0.1) is 0 Å². The lowest BCUT2D eigenvalue weighted by Crippen LogP contribution is -2.34. The van der Waals surface area contributed by atoms with Gasteiger partial charge in [-0.15, -0.1) is 0 Å². The summed E-state index contributed by atoms with van der Waals surface area (Å²) in [6, 6.07) is 13.5. The zero-order valence-corrected chi connectivity index (χ0v) is 25.0. The number of hydrogen-bond donors (Lipinski definition) is 0. The molecule has 0 atom stereocenters. The molecule has 0 N–H and O–H groups in total. The van der Waals surface area contributed by atoms with E-state index in [0.717, 1.165) is 17.3 Å². The Bertz CT molecular complexity index is 1150. The first-order valence-electron chi connectivity index (χ1n) is 15.1. The lowest BCUT2D eigenvalue weighted by molar-refractivity contribution is 0.323. The molecule has 3 aliphatic carbocycles. The summed E-state index contributed by atoms with van der Waals surface area (Å²) >= 11 is 1.78. The zero-order chi connectivity index (χ0) is 27.4. The van der Waals surface area contributed by atoms with Crippen LogP contribution < -0.4 is 9.80 Å². The number of thioether (sulfide) groups is 1. The van der Waals surface area contributed by atoms with Gasteiger partial charge in [0, 0.05) is 43.1 Å². The van der Waals surface area contributed by atoms with Crippen LogP contribution in [0.15, 0.2) is 72.9 Å². The first kappa shape index (κ1) is 28.1. The van der Waals surface area contributed by atoms with Gasteiger partial charge in [-0.2, -0.15) is 0 Å². The average molecular weight is 542 g/mol. The maximum atomic E-state index is 4.73. The van der Waals surface area contributed by atoms with Gasteiger partial charge in [-0.1, -0.05) is 69.0 Å². The van der Waals surface area contributed by atoms with Gasteiger partial charge in [-0.25, -0.2) is 4.98 Å². The van der Waals surface area contributed by atoms with Crippen molar-refractivity contribution >= 4 is 28.2 Å². The summed E-state index contributed by atoms with van der Waals surface area (Å²) < 4.78 is 0. The van der Waals surface area contributed by atoms with Crippen LogP contribution in [0.3, 0.4) is 0 Å². The Morgan fingerprint density at radius 3 is 2.26 bits per heavy atom. The van der Waals surface area contributed by atoms with E-state index in [2.05, 4.69) is 84.6 Å². The van der Waals surface area contributed by atoms with Crippen molar-refractivity contribution in [2.75, 3.05) is 30.4 Å². The predicted molar refractivity (Wildman–Crippen MR) is 171 cm³/mol. The van der Waals surface area contributed by atoms with Crippen molar-refractivity contribution in [1.29, 1.82) is 0 Å². The van der Waals surface area contributed by atoms with E-state index in [1.54, 1.807) is 11.8 Å². The summed E-state index contributed by atoms with van der Waals surface area (Å²) in [5.41, 5.74) is 5.24. The van der Waals surface area contributed by atoms with Crippen LogP contribution in [0.5, 0.6) is 0 Å². The molecular weight excluding hydrogens is 494 g/mol. The number of rotatable bonds is 11. The molecule has 0 spiro atoms. The van der Waals surface area contributed by atoms with Gasteiger partial charge in [-0.05, 0) is 109 Å². The SMILES string of the molecule is C=C(SC(=C)C1CC1)c1cccc(N(CC2CCC(c3ccc(N(C)C)nc3)CC2)C(=C)C2CCCCC2)c1. The highest BCUT2D eigenvalue weighted by atomic mass is 32.2. The molecule has 1 aromatic carbocycles. The number of pyridine rings is 1. The summed E-state index contributed by atoms with van der Waals surface area (Å²) in [7, 11) is 4.10. The van der Waals surface area contributed by atoms with E-state index < -0.39 is 0 Å². The Morgan fingerprint density at radius 1 is 0.872 bits per heavy atom. The molecule has 39 heavy (non-hydrogen) atoms. The molecular formula is C35H47N3S. The molecule has 0 bridgehead atoms. The fourth-order valence-electron chi connectivity index (χ4n) is 6.44. The van der Waals surface area contributed by atoms with E-state index in [0.29, 0.717) is 23.7 Å². The monoisotopic (exact) mass is 541 g/mol. The van der Waals surface area contributed by atoms with Crippen LogP contribution in [0.1, 0.15) is 87.7 Å². The lowest BCUT2D eigenvalue weighted by atomic mass is 9.78. The third-order valence-corrected chi connectivity index (χ3v) is 10.3. The molecule has 0 aliphatic heterocycles. The largest absolute Gasteiger partial charge is 0.363 e. The van der Waals surface area contributed by atoms with Crippen molar-refractivity contribution in [2.45, 2.75) is 76.5 Å². The minimum Gasteiger partial charge on any atom is -0.363 e. The second-order valence-electron chi connectivity index (χ2n) is 12.3. The number of anilines is 2. The van der Waals surface area contributed by atoms with Crippen molar-refractivity contribution in [3.05, 3.63) is 84.1 Å². The maximum Gasteiger partial charge on any atom is 0.127 e. The lowest BCUT2D eigenvalue weighted by Gasteiger charge is -2.38. The highest BCUT2D eigenvalue weighted by Crippen LogP contribution is 2.46. The van der Waals surface area contributed by atoms with Crippen molar-refractivity contribution in [2.24, 2.45) is 17.8 Å². The fourth-order valence-corrected chi connectivity index (χ4v) is 7.40. The maximum absolute atomic E-state index is 4.73. The van der Waals surface area contributed by atoms with Crippen molar-refractivity contribution < 1.29 is 0 Å². The van der Waals surface area contributed by atoms with E-state index in [9.17, 15) is 0 Å². The van der Waals surface area contributed by atoms with Gasteiger partial charge in [0.1, 0.15) is 5.82 Å². The van der Waals surface area contributed by atoms with E-state index in [1.165, 1.54) is 98.0 Å². The van der Waals surface area contributed by atoms with Gasteiger partial charge in [-0.3, -0.25) is 0 Å². The van der Waals surface area contributed by atoms with Crippen LogP contribution in [0, 0.1) is 17.8 Å². The number of hydrogen-bond acceptors (Lipinski definition) is 4. The van der Waals surface area contributed by atoms with E-state index in [-0.39, 0.29) is 0 Å². The number of benzene rings is 1. The molecule has 3 fully saturated rings. The average Bonchev–Trinajstić information content (AvgIpc) is 3.82. The standard InChI is InChI=1S/C35H47N3S/c1-25(29-10-7-6-8-11-29)38(34-13-9-12-32(22-34)27(3)39-26(2)30-18-19-30)24-28-14-16-31(17-15-28)33-20-21-35(36-23-33)37(4)5/h9,12-13,20-23,28-31H,1-3,6-8,10-11,14-19,24H2,4-5H3. The zero-order valence-electron chi connectivity index (χ0n) is 24.2. The third-order valence-electron chi connectivity index (χ3n) is 9.18. The van der Waals surface area contributed by atoms with Crippen molar-refractivity contribution in [3.8, 4) is 0 Å². The molecule has 4 heteroatoms. The Labute approximate surface area is 241 Å². The number of nitrogens with zero attached hydrogens (tertiary/aromatic N) is 3. The Morgan fingerprint density at radius 2 is 1.62 bits per heavy atom. The summed E-state index contributed by atoms with van der Waals surface area (Å²) in [5, 5.41) is 0. The Kier molecular flexibility index (Phi) is 9.22. The highest BCUT2D eigenvalue weighted by Gasteiger charge is 2.29. The van der Waals surface area contributed by atoms with Crippen LogP contribution >= 0.6 is 11.8 Å².